The van der Waals surface area contributed by atoms with Crippen molar-refractivity contribution in [2.24, 2.45) is 0 Å². The Morgan fingerprint density at radius 2 is 1.44 bits per heavy atom. The van der Waals surface area contributed by atoms with E-state index < -0.39 is 0 Å². The molecule has 2 unspecified atom stereocenters. The number of benzene rings is 2. The van der Waals surface area contributed by atoms with Crippen molar-refractivity contribution in [1.82, 2.24) is 4.90 Å². The van der Waals surface area contributed by atoms with Crippen LogP contribution in [0.5, 0.6) is 0 Å². The maximum absolute atomic E-state index is 6.34. The topological polar surface area (TPSA) is 12.5 Å². The highest BCUT2D eigenvalue weighted by Crippen LogP contribution is 2.37. The minimum atomic E-state index is 0.00207. The van der Waals surface area contributed by atoms with Crippen LogP contribution in [-0.4, -0.2) is 30.6 Å². The van der Waals surface area contributed by atoms with Gasteiger partial charge in [0.05, 0.1) is 6.61 Å². The second-order valence-electron chi connectivity index (χ2n) is 7.36. The molecule has 0 spiro atoms. The van der Waals surface area contributed by atoms with Gasteiger partial charge in [-0.2, -0.15) is 0 Å². The Balaban J connectivity index is 1.46. The Bertz CT molecular complexity index is 654. The van der Waals surface area contributed by atoms with Crippen molar-refractivity contribution in [2.75, 3.05) is 13.7 Å². The quantitative estimate of drug-likeness (QED) is 0.716. The fraction of sp³-hybridized carbons (Fsp3) is 0.391. The Morgan fingerprint density at radius 3 is 1.96 bits per heavy atom. The van der Waals surface area contributed by atoms with Crippen LogP contribution in [0.1, 0.15) is 42.9 Å². The molecule has 2 saturated heterocycles. The Labute approximate surface area is 151 Å². The van der Waals surface area contributed by atoms with Gasteiger partial charge in [-0.1, -0.05) is 72.3 Å². The molecule has 2 aromatic carbocycles. The molecule has 0 saturated carbocycles. The van der Waals surface area contributed by atoms with Crippen LogP contribution in [0.4, 0.5) is 0 Å². The zero-order valence-corrected chi connectivity index (χ0v) is 15.0. The van der Waals surface area contributed by atoms with E-state index >= 15 is 0 Å². The summed E-state index contributed by atoms with van der Waals surface area (Å²) in [6.45, 7) is 0.687. The normalized spacial score (nSPS) is 23.2. The lowest BCUT2D eigenvalue weighted by Gasteiger charge is -2.32. The summed E-state index contributed by atoms with van der Waals surface area (Å²) in [5.41, 5.74) is 4.02. The van der Waals surface area contributed by atoms with Crippen LogP contribution in [0.2, 0.25) is 0 Å². The van der Waals surface area contributed by atoms with E-state index in [1.807, 2.05) is 0 Å². The SMILES string of the molecule is CN1C2CCC1CC(=CCOC(c1ccccc1)c1ccccc1)C2. The molecular formula is C23H27NO. The van der Waals surface area contributed by atoms with Gasteiger partial charge >= 0.3 is 0 Å². The molecule has 2 heteroatoms. The predicted molar refractivity (Wildman–Crippen MR) is 103 cm³/mol. The van der Waals surface area contributed by atoms with E-state index in [0.29, 0.717) is 6.61 Å². The summed E-state index contributed by atoms with van der Waals surface area (Å²) < 4.78 is 6.34. The average molecular weight is 333 g/mol. The third-order valence-corrected chi connectivity index (χ3v) is 5.82. The maximum Gasteiger partial charge on any atom is 0.108 e. The Kier molecular flexibility index (Phi) is 5.00. The maximum atomic E-state index is 6.34. The van der Waals surface area contributed by atoms with Gasteiger partial charge in [0, 0.05) is 12.1 Å². The number of rotatable bonds is 5. The molecule has 4 rings (SSSR count). The summed E-state index contributed by atoms with van der Waals surface area (Å²) in [5, 5.41) is 0. The van der Waals surface area contributed by atoms with Crippen LogP contribution >= 0.6 is 0 Å². The summed E-state index contributed by atoms with van der Waals surface area (Å²) in [4.78, 5) is 2.58. The summed E-state index contributed by atoms with van der Waals surface area (Å²) >= 11 is 0. The van der Waals surface area contributed by atoms with Crippen molar-refractivity contribution in [3.8, 4) is 0 Å². The van der Waals surface area contributed by atoms with Gasteiger partial charge < -0.3 is 4.74 Å². The van der Waals surface area contributed by atoms with Gasteiger partial charge in [-0.3, -0.25) is 4.90 Å². The largest absolute Gasteiger partial charge is 0.365 e. The lowest BCUT2D eigenvalue weighted by molar-refractivity contribution is 0.103. The van der Waals surface area contributed by atoms with E-state index in [2.05, 4.69) is 78.7 Å². The zero-order valence-electron chi connectivity index (χ0n) is 15.0. The second kappa shape index (κ2) is 7.55. The first-order chi connectivity index (χ1) is 12.3. The lowest BCUT2D eigenvalue weighted by Crippen LogP contribution is -2.37. The first kappa shape index (κ1) is 16.6. The molecule has 2 atom stereocenters. The minimum Gasteiger partial charge on any atom is -0.365 e. The molecule has 0 aromatic heterocycles. The van der Waals surface area contributed by atoms with Gasteiger partial charge in [0.15, 0.2) is 0 Å². The van der Waals surface area contributed by atoms with Crippen LogP contribution in [0.15, 0.2) is 72.3 Å². The van der Waals surface area contributed by atoms with Gasteiger partial charge in [-0.05, 0) is 43.9 Å². The first-order valence-electron chi connectivity index (χ1n) is 9.42. The predicted octanol–water partition coefficient (Wildman–Crippen LogP) is 4.98. The molecule has 2 aliphatic rings. The third-order valence-electron chi connectivity index (χ3n) is 5.82. The smallest absolute Gasteiger partial charge is 0.108 e. The van der Waals surface area contributed by atoms with Crippen LogP contribution in [-0.2, 0) is 4.74 Å². The van der Waals surface area contributed by atoms with Crippen LogP contribution < -0.4 is 0 Å². The molecule has 0 N–H and O–H groups in total. The van der Waals surface area contributed by atoms with Crippen LogP contribution in [0.3, 0.4) is 0 Å². The molecule has 25 heavy (non-hydrogen) atoms. The van der Waals surface area contributed by atoms with Crippen LogP contribution in [0.25, 0.3) is 0 Å². The molecule has 2 bridgehead atoms. The molecule has 2 nitrogen and oxygen atoms in total. The highest BCUT2D eigenvalue weighted by atomic mass is 16.5. The number of nitrogens with zero attached hydrogens (tertiary/aromatic N) is 1. The number of piperidine rings is 1. The lowest BCUT2D eigenvalue weighted by atomic mass is 9.97. The summed E-state index contributed by atoms with van der Waals surface area (Å²) in [7, 11) is 2.29. The second-order valence-corrected chi connectivity index (χ2v) is 7.36. The average Bonchev–Trinajstić information content (AvgIpc) is 2.87. The van der Waals surface area contributed by atoms with E-state index in [4.69, 9.17) is 4.74 Å². The number of ether oxygens (including phenoxy) is 1. The van der Waals surface area contributed by atoms with Crippen molar-refractivity contribution < 1.29 is 4.74 Å². The zero-order chi connectivity index (χ0) is 17.1. The highest BCUT2D eigenvalue weighted by Gasteiger charge is 2.35. The van der Waals surface area contributed by atoms with Gasteiger partial charge in [0.25, 0.3) is 0 Å². The van der Waals surface area contributed by atoms with Gasteiger partial charge in [0.2, 0.25) is 0 Å². The first-order valence-corrected chi connectivity index (χ1v) is 9.42. The Morgan fingerprint density at radius 1 is 0.920 bits per heavy atom. The van der Waals surface area contributed by atoms with Crippen molar-refractivity contribution in [1.29, 1.82) is 0 Å². The molecule has 2 heterocycles. The summed E-state index contributed by atoms with van der Waals surface area (Å²) in [6, 6.07) is 22.6. The van der Waals surface area contributed by atoms with Crippen molar-refractivity contribution in [3.63, 3.8) is 0 Å². The van der Waals surface area contributed by atoms with Gasteiger partial charge in [0.1, 0.15) is 6.10 Å². The molecule has 130 valence electrons. The van der Waals surface area contributed by atoms with E-state index in [9.17, 15) is 0 Å². The van der Waals surface area contributed by atoms with Crippen molar-refractivity contribution in [3.05, 3.63) is 83.4 Å². The highest BCUT2D eigenvalue weighted by molar-refractivity contribution is 5.30. The standard InChI is InChI=1S/C23H27NO/c1-24-21-12-13-22(24)17-18(16-21)14-15-25-23(19-8-4-2-5-9-19)20-10-6-3-7-11-20/h2-11,14,21-23H,12-13,15-17H2,1H3. The number of hydrogen-bond donors (Lipinski definition) is 0. The van der Waals surface area contributed by atoms with Crippen molar-refractivity contribution in [2.45, 2.75) is 43.9 Å². The van der Waals surface area contributed by atoms with Crippen molar-refractivity contribution >= 4 is 0 Å². The number of hydrogen-bond acceptors (Lipinski definition) is 2. The minimum absolute atomic E-state index is 0.00207. The van der Waals surface area contributed by atoms with E-state index in [1.165, 1.54) is 36.8 Å². The van der Waals surface area contributed by atoms with E-state index in [0.717, 1.165) is 12.1 Å². The van der Waals surface area contributed by atoms with E-state index in [-0.39, 0.29) is 6.10 Å². The molecule has 0 aliphatic carbocycles. The summed E-state index contributed by atoms with van der Waals surface area (Å²) in [5.74, 6) is 0. The van der Waals surface area contributed by atoms with Gasteiger partial charge in [-0.25, -0.2) is 0 Å². The Hall–Kier alpha value is -1.90. The fourth-order valence-electron chi connectivity index (χ4n) is 4.34. The molecule has 2 fully saturated rings. The molecule has 0 amide bonds. The molecule has 0 radical (unpaired) electrons. The monoisotopic (exact) mass is 333 g/mol. The molecular weight excluding hydrogens is 306 g/mol. The fourth-order valence-corrected chi connectivity index (χ4v) is 4.34. The summed E-state index contributed by atoms with van der Waals surface area (Å²) in [6.07, 6.45) is 7.50. The number of fused-ring (bicyclic) bond motifs is 2. The molecule has 2 aromatic rings. The third kappa shape index (κ3) is 3.70. The van der Waals surface area contributed by atoms with E-state index in [1.54, 1.807) is 5.57 Å². The van der Waals surface area contributed by atoms with Crippen LogP contribution in [0, 0.1) is 0 Å². The van der Waals surface area contributed by atoms with Gasteiger partial charge in [-0.15, -0.1) is 0 Å². The molecule has 2 aliphatic heterocycles.